The van der Waals surface area contributed by atoms with Gasteiger partial charge in [-0.3, -0.25) is 14.3 Å². The largest absolute Gasteiger partial charge is 0.339 e. The van der Waals surface area contributed by atoms with E-state index >= 15 is 0 Å². The van der Waals surface area contributed by atoms with E-state index in [9.17, 15) is 14.0 Å². The summed E-state index contributed by atoms with van der Waals surface area (Å²) in [6.45, 7) is 8.37. The summed E-state index contributed by atoms with van der Waals surface area (Å²) in [7, 11) is 0. The molecule has 148 valence electrons. The van der Waals surface area contributed by atoms with Gasteiger partial charge in [-0.05, 0) is 57.4 Å². The van der Waals surface area contributed by atoms with Gasteiger partial charge in [0.15, 0.2) is 5.78 Å². The Bertz CT molecular complexity index is 928. The molecule has 1 atom stereocenters. The Hall–Kier alpha value is -2.76. The number of amides is 1. The molecule has 1 aliphatic rings. The SMILES string of the molecule is CC(=O)c1c(C)nn([C@@H](C)CC(=O)N2CC=C(c3ccc(F)cc3)CC2)c1C. The standard InChI is InChI=1S/C22H26FN3O2/c1-14(26-16(3)22(17(4)27)15(2)24-26)13-21(28)25-11-9-19(10-12-25)18-5-7-20(23)8-6-18/h5-9,14H,10-13H2,1-4H3/t14-/m0/s1. The normalized spacial score (nSPS) is 15.3. The predicted octanol–water partition coefficient (Wildman–Crippen LogP) is 4.11. The van der Waals surface area contributed by atoms with Crippen LogP contribution >= 0.6 is 0 Å². The molecule has 0 saturated carbocycles. The number of benzene rings is 1. The van der Waals surface area contributed by atoms with E-state index in [0.29, 0.717) is 30.8 Å². The molecular weight excluding hydrogens is 357 g/mol. The third kappa shape index (κ3) is 4.06. The number of hydrogen-bond acceptors (Lipinski definition) is 3. The molecular formula is C22H26FN3O2. The second-order valence-corrected chi connectivity index (χ2v) is 7.43. The van der Waals surface area contributed by atoms with Crippen LogP contribution in [0.3, 0.4) is 0 Å². The van der Waals surface area contributed by atoms with Crippen LogP contribution in [0.4, 0.5) is 4.39 Å². The van der Waals surface area contributed by atoms with E-state index in [1.165, 1.54) is 19.1 Å². The molecule has 0 spiro atoms. The summed E-state index contributed by atoms with van der Waals surface area (Å²) in [4.78, 5) is 26.4. The Morgan fingerprint density at radius 1 is 1.21 bits per heavy atom. The molecule has 1 aromatic heterocycles. The lowest BCUT2D eigenvalue weighted by Crippen LogP contribution is -2.35. The molecule has 1 amide bonds. The van der Waals surface area contributed by atoms with Crippen molar-refractivity contribution < 1.29 is 14.0 Å². The van der Waals surface area contributed by atoms with Crippen LogP contribution in [-0.4, -0.2) is 39.5 Å². The van der Waals surface area contributed by atoms with Crippen LogP contribution in [-0.2, 0) is 4.79 Å². The number of carbonyl (C=O) groups is 2. The number of aromatic nitrogens is 2. The van der Waals surface area contributed by atoms with Gasteiger partial charge in [0.1, 0.15) is 5.82 Å². The molecule has 28 heavy (non-hydrogen) atoms. The number of ketones is 1. The lowest BCUT2D eigenvalue weighted by Gasteiger charge is -2.28. The molecule has 0 bridgehead atoms. The van der Waals surface area contributed by atoms with Gasteiger partial charge in [-0.2, -0.15) is 5.10 Å². The molecule has 0 aliphatic carbocycles. The van der Waals surface area contributed by atoms with E-state index in [1.807, 2.05) is 31.7 Å². The Morgan fingerprint density at radius 2 is 1.89 bits per heavy atom. The quantitative estimate of drug-likeness (QED) is 0.730. The van der Waals surface area contributed by atoms with Crippen molar-refractivity contribution in [1.82, 2.24) is 14.7 Å². The van der Waals surface area contributed by atoms with Crippen LogP contribution < -0.4 is 0 Å². The van der Waals surface area contributed by atoms with Crippen molar-refractivity contribution in [1.29, 1.82) is 0 Å². The molecule has 2 heterocycles. The molecule has 0 saturated heterocycles. The van der Waals surface area contributed by atoms with Crippen LogP contribution in [0.2, 0.25) is 0 Å². The number of carbonyl (C=O) groups excluding carboxylic acids is 2. The maximum absolute atomic E-state index is 13.1. The van der Waals surface area contributed by atoms with Crippen molar-refractivity contribution in [2.75, 3.05) is 13.1 Å². The highest BCUT2D eigenvalue weighted by molar-refractivity contribution is 5.96. The lowest BCUT2D eigenvalue weighted by atomic mass is 9.99. The molecule has 0 unspecified atom stereocenters. The second-order valence-electron chi connectivity index (χ2n) is 7.43. The van der Waals surface area contributed by atoms with Gasteiger partial charge in [0.05, 0.1) is 17.3 Å². The van der Waals surface area contributed by atoms with Crippen LogP contribution in [0.25, 0.3) is 5.57 Å². The Morgan fingerprint density at radius 3 is 2.43 bits per heavy atom. The average Bonchev–Trinajstić information content (AvgIpc) is 2.97. The molecule has 3 rings (SSSR count). The van der Waals surface area contributed by atoms with Gasteiger partial charge < -0.3 is 4.90 Å². The van der Waals surface area contributed by atoms with Crippen LogP contribution in [0.1, 0.15) is 60.0 Å². The maximum Gasteiger partial charge on any atom is 0.225 e. The molecule has 0 fully saturated rings. The topological polar surface area (TPSA) is 55.2 Å². The third-order valence-corrected chi connectivity index (χ3v) is 5.34. The monoisotopic (exact) mass is 383 g/mol. The molecule has 5 nitrogen and oxygen atoms in total. The Kier molecular flexibility index (Phi) is 5.77. The van der Waals surface area contributed by atoms with Gasteiger partial charge in [0.25, 0.3) is 0 Å². The lowest BCUT2D eigenvalue weighted by molar-refractivity contribution is -0.131. The first kappa shape index (κ1) is 20.0. The van der Waals surface area contributed by atoms with Crippen molar-refractivity contribution in [2.24, 2.45) is 0 Å². The summed E-state index contributed by atoms with van der Waals surface area (Å²) in [6, 6.07) is 6.34. The summed E-state index contributed by atoms with van der Waals surface area (Å²) in [6.07, 6.45) is 3.12. The Labute approximate surface area is 164 Å². The van der Waals surface area contributed by atoms with Gasteiger partial charge >= 0.3 is 0 Å². The van der Waals surface area contributed by atoms with E-state index in [0.717, 1.165) is 23.3 Å². The molecule has 0 N–H and O–H groups in total. The number of nitrogens with zero attached hydrogens (tertiary/aromatic N) is 3. The van der Waals surface area contributed by atoms with Crippen LogP contribution in [0.5, 0.6) is 0 Å². The Balaban J connectivity index is 1.65. The highest BCUT2D eigenvalue weighted by Crippen LogP contribution is 2.25. The van der Waals surface area contributed by atoms with Crippen molar-refractivity contribution in [3.8, 4) is 0 Å². The van der Waals surface area contributed by atoms with Gasteiger partial charge in [-0.15, -0.1) is 0 Å². The molecule has 2 aromatic rings. The molecule has 0 radical (unpaired) electrons. The van der Waals surface area contributed by atoms with Gasteiger partial charge in [-0.25, -0.2) is 4.39 Å². The smallest absolute Gasteiger partial charge is 0.225 e. The highest BCUT2D eigenvalue weighted by Gasteiger charge is 2.23. The first-order valence-corrected chi connectivity index (χ1v) is 9.57. The predicted molar refractivity (Wildman–Crippen MR) is 107 cm³/mol. The fourth-order valence-corrected chi connectivity index (χ4v) is 3.89. The fraction of sp³-hybridized carbons (Fsp3) is 0.409. The van der Waals surface area contributed by atoms with E-state index < -0.39 is 0 Å². The summed E-state index contributed by atoms with van der Waals surface area (Å²) >= 11 is 0. The van der Waals surface area contributed by atoms with Gasteiger partial charge in [0, 0.05) is 25.2 Å². The zero-order valence-corrected chi connectivity index (χ0v) is 16.8. The van der Waals surface area contributed by atoms with E-state index in [4.69, 9.17) is 0 Å². The maximum atomic E-state index is 13.1. The molecule has 1 aromatic carbocycles. The van der Waals surface area contributed by atoms with E-state index in [-0.39, 0.29) is 23.5 Å². The van der Waals surface area contributed by atoms with Crippen molar-refractivity contribution >= 4 is 17.3 Å². The zero-order chi connectivity index (χ0) is 20.4. The van der Waals surface area contributed by atoms with Crippen LogP contribution in [0.15, 0.2) is 30.3 Å². The van der Waals surface area contributed by atoms with E-state index in [1.54, 1.807) is 16.8 Å². The van der Waals surface area contributed by atoms with Crippen molar-refractivity contribution in [3.05, 3.63) is 58.7 Å². The highest BCUT2D eigenvalue weighted by atomic mass is 19.1. The number of Topliss-reactive ketones (excluding diaryl/α,β-unsaturated/α-hetero) is 1. The van der Waals surface area contributed by atoms with Crippen molar-refractivity contribution in [2.45, 2.75) is 46.6 Å². The zero-order valence-electron chi connectivity index (χ0n) is 16.8. The minimum Gasteiger partial charge on any atom is -0.339 e. The van der Waals surface area contributed by atoms with Gasteiger partial charge in [0.2, 0.25) is 5.91 Å². The fourth-order valence-electron chi connectivity index (χ4n) is 3.89. The molecule has 6 heteroatoms. The first-order valence-electron chi connectivity index (χ1n) is 9.57. The minimum atomic E-state index is -0.247. The van der Waals surface area contributed by atoms with Crippen LogP contribution in [0, 0.1) is 19.7 Å². The second kappa shape index (κ2) is 8.09. The van der Waals surface area contributed by atoms with Gasteiger partial charge in [-0.1, -0.05) is 18.2 Å². The summed E-state index contributed by atoms with van der Waals surface area (Å²) in [5.74, 6) is -0.184. The number of hydrogen-bond donors (Lipinski definition) is 0. The van der Waals surface area contributed by atoms with E-state index in [2.05, 4.69) is 5.10 Å². The number of halogens is 1. The first-order chi connectivity index (χ1) is 13.3. The minimum absolute atomic E-state index is 0.00531. The number of aryl methyl sites for hydroxylation is 1. The summed E-state index contributed by atoms with van der Waals surface area (Å²) in [5.41, 5.74) is 4.30. The average molecular weight is 383 g/mol. The molecule has 1 aliphatic heterocycles. The third-order valence-electron chi connectivity index (χ3n) is 5.34. The van der Waals surface area contributed by atoms with Crippen molar-refractivity contribution in [3.63, 3.8) is 0 Å². The summed E-state index contributed by atoms with van der Waals surface area (Å²) in [5, 5.41) is 4.47. The number of rotatable bonds is 5. The summed E-state index contributed by atoms with van der Waals surface area (Å²) < 4.78 is 14.9.